The second-order valence-electron chi connectivity index (χ2n) is 9.03. The fraction of sp³-hybridized carbons (Fsp3) is 0.167. The third kappa shape index (κ3) is 7.75. The zero-order chi connectivity index (χ0) is 28.9. The summed E-state index contributed by atoms with van der Waals surface area (Å²) in [5.41, 5.74) is -0.673. The van der Waals surface area contributed by atoms with Crippen LogP contribution >= 0.6 is 0 Å². The van der Waals surface area contributed by atoms with Crippen LogP contribution in [0.1, 0.15) is 19.4 Å². The average molecular weight is 576 g/mol. The highest BCUT2D eigenvalue weighted by atomic mass is 32.2. The normalized spacial score (nSPS) is 11.8. The van der Waals surface area contributed by atoms with Crippen molar-refractivity contribution in [2.75, 3.05) is 6.61 Å². The highest BCUT2D eigenvalue weighted by Crippen LogP contribution is 2.33. The van der Waals surface area contributed by atoms with Crippen molar-refractivity contribution in [2.45, 2.75) is 40.5 Å². The van der Waals surface area contributed by atoms with Gasteiger partial charge in [-0.1, -0.05) is 12.1 Å². The summed E-state index contributed by atoms with van der Waals surface area (Å²) in [6.07, 6.45) is -4.80. The molecule has 0 saturated carbocycles. The lowest BCUT2D eigenvalue weighted by atomic mass is 9.98. The number of benzene rings is 4. The van der Waals surface area contributed by atoms with Gasteiger partial charge in [-0.05, 0) is 104 Å². The first-order chi connectivity index (χ1) is 18.9. The molecule has 0 radical (unpaired) electrons. The van der Waals surface area contributed by atoms with E-state index in [1.54, 1.807) is 50.2 Å². The van der Waals surface area contributed by atoms with Crippen LogP contribution in [-0.4, -0.2) is 18.9 Å². The van der Waals surface area contributed by atoms with Gasteiger partial charge < -0.3 is 14.2 Å². The number of alkyl halides is 3. The van der Waals surface area contributed by atoms with Gasteiger partial charge >= 0.3 is 12.3 Å². The van der Waals surface area contributed by atoms with E-state index < -0.39 is 35.4 Å². The molecule has 0 heterocycles. The molecule has 4 aromatic rings. The Bertz CT molecular complexity index is 1370. The molecule has 4 rings (SSSR count). The average Bonchev–Trinajstić information content (AvgIpc) is 2.90. The van der Waals surface area contributed by atoms with E-state index in [1.807, 2.05) is 12.1 Å². The molecule has 10 heteroatoms. The third-order valence-electron chi connectivity index (χ3n) is 5.67. The number of hydrogen-bond donors (Lipinski definition) is 0. The van der Waals surface area contributed by atoms with Crippen LogP contribution in [0.4, 0.5) is 22.0 Å². The molecule has 0 aliphatic rings. The van der Waals surface area contributed by atoms with Crippen molar-refractivity contribution in [1.29, 1.82) is 0 Å². The summed E-state index contributed by atoms with van der Waals surface area (Å²) < 4.78 is 79.2. The molecule has 0 bridgehead atoms. The van der Waals surface area contributed by atoms with Crippen molar-refractivity contribution in [2.24, 2.45) is 0 Å². The molecule has 0 saturated heterocycles. The Morgan fingerprint density at radius 2 is 1.10 bits per heavy atom. The van der Waals surface area contributed by atoms with E-state index in [4.69, 9.17) is 9.47 Å². The molecule has 0 aromatic heterocycles. The van der Waals surface area contributed by atoms with E-state index in [0.717, 1.165) is 26.8 Å². The van der Waals surface area contributed by atoms with E-state index in [0.29, 0.717) is 11.3 Å². The Morgan fingerprint density at radius 1 is 0.675 bits per heavy atom. The Balaban J connectivity index is 1.41. The quantitative estimate of drug-likeness (QED) is 0.116. The third-order valence-corrected chi connectivity index (χ3v) is 7.90. The van der Waals surface area contributed by atoms with Gasteiger partial charge in [0.2, 0.25) is 0 Å². The van der Waals surface area contributed by atoms with Gasteiger partial charge in [-0.3, -0.25) is 0 Å². The number of rotatable bonds is 9. The summed E-state index contributed by atoms with van der Waals surface area (Å²) in [5.74, 6) is -1.39. The SMILES string of the molecule is CC(C)(OC(=O)COc1ccc([S+](c2ccc(F)cc2)c2ccc(F)cc2)cc1)c1ccc(OC(F)(F)F)cc1. The van der Waals surface area contributed by atoms with Crippen molar-refractivity contribution < 1.29 is 41.0 Å². The number of carbonyl (C=O) groups is 1. The van der Waals surface area contributed by atoms with Gasteiger partial charge in [0.05, 0.1) is 10.9 Å². The largest absolute Gasteiger partial charge is 0.573 e. The molecule has 0 unspecified atom stereocenters. The Labute approximate surface area is 230 Å². The lowest BCUT2D eigenvalue weighted by Crippen LogP contribution is -2.28. The minimum atomic E-state index is -4.80. The molecule has 0 spiro atoms. The number of carbonyl (C=O) groups excluding carboxylic acids is 1. The van der Waals surface area contributed by atoms with Crippen molar-refractivity contribution in [1.82, 2.24) is 0 Å². The first kappa shape index (κ1) is 28.9. The molecule has 0 atom stereocenters. The van der Waals surface area contributed by atoms with E-state index in [2.05, 4.69) is 4.74 Å². The van der Waals surface area contributed by atoms with Crippen molar-refractivity contribution in [3.05, 3.63) is 114 Å². The highest BCUT2D eigenvalue weighted by molar-refractivity contribution is 7.97. The fourth-order valence-electron chi connectivity index (χ4n) is 3.79. The molecule has 40 heavy (non-hydrogen) atoms. The summed E-state index contributed by atoms with van der Waals surface area (Å²) in [4.78, 5) is 15.0. The maximum Gasteiger partial charge on any atom is 0.573 e. The van der Waals surface area contributed by atoms with Gasteiger partial charge in [-0.2, -0.15) is 0 Å². The van der Waals surface area contributed by atoms with Crippen LogP contribution in [0.15, 0.2) is 112 Å². The zero-order valence-electron chi connectivity index (χ0n) is 21.4. The molecular weight excluding hydrogens is 551 g/mol. The van der Waals surface area contributed by atoms with Gasteiger partial charge in [0.15, 0.2) is 21.3 Å². The molecule has 0 amide bonds. The number of ether oxygens (including phenoxy) is 3. The number of halogens is 5. The molecule has 208 valence electrons. The highest BCUT2D eigenvalue weighted by Gasteiger charge is 2.32. The number of esters is 1. The van der Waals surface area contributed by atoms with E-state index in [1.165, 1.54) is 36.4 Å². The van der Waals surface area contributed by atoms with Crippen molar-refractivity contribution >= 4 is 16.9 Å². The van der Waals surface area contributed by atoms with Crippen molar-refractivity contribution in [3.63, 3.8) is 0 Å². The summed E-state index contributed by atoms with van der Waals surface area (Å²) >= 11 is 0. The van der Waals surface area contributed by atoms with Gasteiger partial charge in [0.25, 0.3) is 0 Å². The number of hydrogen-bond acceptors (Lipinski definition) is 4. The lowest BCUT2D eigenvalue weighted by molar-refractivity contribution is -0.274. The van der Waals surface area contributed by atoms with Gasteiger partial charge in [-0.15, -0.1) is 13.2 Å². The maximum atomic E-state index is 13.5. The Kier molecular flexibility index (Phi) is 8.68. The first-order valence-electron chi connectivity index (χ1n) is 12.0. The fourth-order valence-corrected chi connectivity index (χ4v) is 5.84. The minimum Gasteiger partial charge on any atom is -0.482 e. The monoisotopic (exact) mass is 575 g/mol. The standard InChI is InChI=1S/C30H24F5O4S/c1-29(2,20-3-9-24(10-4-20)38-30(33,34)35)39-28(36)19-37-23-11-17-27(18-12-23)40(25-13-5-21(31)6-14-25)26-15-7-22(32)8-16-26/h3-18H,19H2,1-2H3/q+1. The topological polar surface area (TPSA) is 44.8 Å². The molecule has 0 aliphatic carbocycles. The molecule has 4 nitrogen and oxygen atoms in total. The van der Waals surface area contributed by atoms with E-state index in [-0.39, 0.29) is 17.4 Å². The molecule has 0 fully saturated rings. The summed E-state index contributed by atoms with van der Waals surface area (Å²) in [5, 5.41) is 0. The lowest BCUT2D eigenvalue weighted by Gasteiger charge is -2.26. The van der Waals surface area contributed by atoms with Crippen LogP contribution in [0.3, 0.4) is 0 Å². The van der Waals surface area contributed by atoms with E-state index in [9.17, 15) is 26.7 Å². The molecule has 4 aromatic carbocycles. The van der Waals surface area contributed by atoms with Crippen LogP contribution < -0.4 is 9.47 Å². The zero-order valence-corrected chi connectivity index (χ0v) is 22.2. The predicted octanol–water partition coefficient (Wildman–Crippen LogP) is 7.82. The summed E-state index contributed by atoms with van der Waals surface area (Å²) in [6.45, 7) is 2.80. The van der Waals surface area contributed by atoms with Gasteiger partial charge in [-0.25, -0.2) is 13.6 Å². The van der Waals surface area contributed by atoms with E-state index >= 15 is 0 Å². The Morgan fingerprint density at radius 3 is 1.55 bits per heavy atom. The van der Waals surface area contributed by atoms with Crippen LogP contribution in [0, 0.1) is 11.6 Å². The first-order valence-corrected chi connectivity index (χ1v) is 13.2. The smallest absolute Gasteiger partial charge is 0.482 e. The van der Waals surface area contributed by atoms with Crippen LogP contribution in [-0.2, 0) is 26.0 Å². The van der Waals surface area contributed by atoms with Crippen molar-refractivity contribution in [3.8, 4) is 11.5 Å². The second kappa shape index (κ2) is 12.0. The maximum absolute atomic E-state index is 13.5. The van der Waals surface area contributed by atoms with Crippen LogP contribution in [0.5, 0.6) is 11.5 Å². The van der Waals surface area contributed by atoms with Gasteiger partial charge in [0.1, 0.15) is 28.7 Å². The summed E-state index contributed by atoms with van der Waals surface area (Å²) in [7, 11) is -0.646. The van der Waals surface area contributed by atoms with Gasteiger partial charge in [0, 0.05) is 0 Å². The molecular formula is C30H24F5O4S+. The molecule has 0 N–H and O–H groups in total. The summed E-state index contributed by atoms with van der Waals surface area (Å²) in [6, 6.07) is 24.2. The van der Waals surface area contributed by atoms with Crippen LogP contribution in [0.25, 0.3) is 0 Å². The second-order valence-corrected chi connectivity index (χ2v) is 11.1. The predicted molar refractivity (Wildman–Crippen MR) is 139 cm³/mol. The molecule has 0 aliphatic heterocycles. The minimum absolute atomic E-state index is 0.363. The van der Waals surface area contributed by atoms with Crippen LogP contribution in [0.2, 0.25) is 0 Å². The Hall–Kier alpha value is -4.05.